The molecule has 0 aromatic heterocycles. The Morgan fingerprint density at radius 1 is 1.13 bits per heavy atom. The lowest BCUT2D eigenvalue weighted by molar-refractivity contribution is -0.178. The van der Waals surface area contributed by atoms with Gasteiger partial charge in [0.05, 0.1) is 6.42 Å². The van der Waals surface area contributed by atoms with Crippen LogP contribution in [0.15, 0.2) is 18.2 Å². The van der Waals surface area contributed by atoms with Gasteiger partial charge in [0.1, 0.15) is 11.4 Å². The normalized spacial score (nSPS) is 11.0. The van der Waals surface area contributed by atoms with Crippen molar-refractivity contribution < 1.29 is 29.0 Å². The van der Waals surface area contributed by atoms with Gasteiger partial charge in [-0.15, -0.1) is 0 Å². The van der Waals surface area contributed by atoms with Crippen LogP contribution in [0.4, 0.5) is 0 Å². The second kappa shape index (κ2) is 7.73. The Labute approximate surface area is 134 Å². The molecule has 126 valence electrons. The number of hydrogen-bond acceptors (Lipinski definition) is 7. The largest absolute Gasteiger partial charge is 0.508 e. The van der Waals surface area contributed by atoms with Gasteiger partial charge in [-0.05, 0) is 50.5 Å². The molecule has 1 rings (SSSR count). The first-order valence-corrected chi connectivity index (χ1v) is 7.11. The molecule has 1 aromatic carbocycles. The van der Waals surface area contributed by atoms with Crippen molar-refractivity contribution in [2.45, 2.75) is 45.8 Å². The van der Waals surface area contributed by atoms with Crippen LogP contribution in [0.25, 0.3) is 0 Å². The fourth-order valence-corrected chi connectivity index (χ4v) is 1.80. The molecule has 0 radical (unpaired) electrons. The second-order valence-corrected chi connectivity index (χ2v) is 5.92. The summed E-state index contributed by atoms with van der Waals surface area (Å²) in [4.78, 5) is 34.5. The van der Waals surface area contributed by atoms with E-state index in [0.717, 1.165) is 5.56 Å². The highest BCUT2D eigenvalue weighted by Crippen LogP contribution is 2.18. The quantitative estimate of drug-likeness (QED) is 0.486. The molecule has 0 aliphatic carbocycles. The van der Waals surface area contributed by atoms with Crippen molar-refractivity contribution in [2.75, 3.05) is 0 Å². The van der Waals surface area contributed by atoms with Crippen LogP contribution in [0.5, 0.6) is 5.75 Å². The number of esters is 3. The molecule has 0 spiro atoms. The molecule has 0 amide bonds. The summed E-state index contributed by atoms with van der Waals surface area (Å²) in [6, 6.07) is 4.62. The van der Waals surface area contributed by atoms with Crippen molar-refractivity contribution in [3.8, 4) is 5.75 Å². The molecule has 0 atom stereocenters. The molecule has 0 aliphatic rings. The van der Waals surface area contributed by atoms with Crippen LogP contribution in [0.3, 0.4) is 0 Å². The zero-order valence-electron chi connectivity index (χ0n) is 13.4. The first-order valence-electron chi connectivity index (χ1n) is 7.11. The zero-order chi connectivity index (χ0) is 17.6. The van der Waals surface area contributed by atoms with Gasteiger partial charge in [0.25, 0.3) is 0 Å². The number of rotatable bonds is 4. The van der Waals surface area contributed by atoms with Crippen LogP contribution in [-0.2, 0) is 36.8 Å². The maximum absolute atomic E-state index is 11.6. The molecule has 0 fully saturated rings. The summed E-state index contributed by atoms with van der Waals surface area (Å²) in [5.41, 5.74) is 6.16. The minimum atomic E-state index is -1.34. The third kappa shape index (κ3) is 6.48. The van der Waals surface area contributed by atoms with Crippen molar-refractivity contribution in [3.05, 3.63) is 29.3 Å². The van der Waals surface area contributed by atoms with Crippen LogP contribution in [0, 0.1) is 0 Å². The van der Waals surface area contributed by atoms with Gasteiger partial charge < -0.3 is 20.3 Å². The predicted molar refractivity (Wildman–Crippen MR) is 81.3 cm³/mol. The topological polar surface area (TPSA) is 116 Å². The number of aromatic hydroxyl groups is 1. The molecular weight excluding hydrogens is 302 g/mol. The number of phenols is 1. The number of carbonyl (C=O) groups excluding carboxylic acids is 3. The molecule has 1 aromatic rings. The number of benzene rings is 1. The van der Waals surface area contributed by atoms with Gasteiger partial charge >= 0.3 is 17.9 Å². The van der Waals surface area contributed by atoms with E-state index in [1.54, 1.807) is 26.8 Å². The van der Waals surface area contributed by atoms with Gasteiger partial charge in [0, 0.05) is 6.54 Å². The van der Waals surface area contributed by atoms with Crippen molar-refractivity contribution in [1.29, 1.82) is 0 Å². The molecule has 3 N–H and O–H groups in total. The predicted octanol–water partition coefficient (Wildman–Crippen LogP) is 1.19. The number of carbonyl (C=O) groups is 3. The Kier molecular flexibility index (Phi) is 6.27. The smallest absolute Gasteiger partial charge is 0.425 e. The molecule has 7 heteroatoms. The number of hydrogen-bond donors (Lipinski definition) is 2. The van der Waals surface area contributed by atoms with Crippen molar-refractivity contribution in [1.82, 2.24) is 0 Å². The second-order valence-electron chi connectivity index (χ2n) is 5.92. The minimum absolute atomic E-state index is 0.0804. The van der Waals surface area contributed by atoms with Crippen LogP contribution in [0.1, 0.15) is 38.3 Å². The first kappa shape index (κ1) is 18.6. The third-order valence-electron chi connectivity index (χ3n) is 2.78. The summed E-state index contributed by atoms with van der Waals surface area (Å²) in [6.07, 6.45) is 0.166. The zero-order valence-corrected chi connectivity index (χ0v) is 13.4. The monoisotopic (exact) mass is 323 g/mol. The van der Waals surface area contributed by atoms with E-state index in [1.807, 2.05) is 0 Å². The molecule has 7 nitrogen and oxygen atoms in total. The van der Waals surface area contributed by atoms with E-state index in [1.165, 1.54) is 12.1 Å². The van der Waals surface area contributed by atoms with Crippen molar-refractivity contribution >= 4 is 17.9 Å². The molecular formula is C16H21NO6. The van der Waals surface area contributed by atoms with Gasteiger partial charge in [-0.3, -0.25) is 4.79 Å². The van der Waals surface area contributed by atoms with Crippen molar-refractivity contribution in [3.63, 3.8) is 0 Å². The summed E-state index contributed by atoms with van der Waals surface area (Å²) < 4.78 is 9.25. The van der Waals surface area contributed by atoms with Crippen LogP contribution in [0.2, 0.25) is 0 Å². The summed E-state index contributed by atoms with van der Waals surface area (Å²) >= 11 is 0. The molecule has 0 saturated carbocycles. The summed E-state index contributed by atoms with van der Waals surface area (Å²) in [5.74, 6) is -3.30. The van der Waals surface area contributed by atoms with Gasteiger partial charge in [0.15, 0.2) is 0 Å². The van der Waals surface area contributed by atoms with E-state index in [0.29, 0.717) is 5.56 Å². The van der Waals surface area contributed by atoms with Gasteiger partial charge in [0.2, 0.25) is 0 Å². The Bertz CT molecular complexity index is 603. The summed E-state index contributed by atoms with van der Waals surface area (Å²) in [5, 5.41) is 9.38. The Hall–Kier alpha value is -2.41. The van der Waals surface area contributed by atoms with E-state index < -0.39 is 23.5 Å². The van der Waals surface area contributed by atoms with Crippen LogP contribution < -0.4 is 5.73 Å². The van der Waals surface area contributed by atoms with Gasteiger partial charge in [-0.2, -0.15) is 0 Å². The fourth-order valence-electron chi connectivity index (χ4n) is 1.80. The SMILES string of the molecule is CC(C)(C)OC(=O)C(=O)OC(=O)CCc1ccc(O)cc1CN. The van der Waals surface area contributed by atoms with E-state index in [-0.39, 0.29) is 25.1 Å². The summed E-state index contributed by atoms with van der Waals surface area (Å²) in [7, 11) is 0. The molecule has 0 heterocycles. The molecule has 0 saturated heterocycles. The Morgan fingerprint density at radius 3 is 2.35 bits per heavy atom. The highest BCUT2D eigenvalue weighted by molar-refractivity contribution is 6.31. The average Bonchev–Trinajstić information content (AvgIpc) is 2.43. The number of nitrogens with two attached hydrogens (primary N) is 1. The minimum Gasteiger partial charge on any atom is -0.508 e. The lowest BCUT2D eigenvalue weighted by atomic mass is 10.0. The number of phenolic OH excluding ortho intramolecular Hbond substituents is 1. The lowest BCUT2D eigenvalue weighted by Gasteiger charge is -2.18. The van der Waals surface area contributed by atoms with Crippen LogP contribution in [-0.4, -0.2) is 28.6 Å². The van der Waals surface area contributed by atoms with Crippen LogP contribution >= 0.6 is 0 Å². The molecule has 0 aliphatic heterocycles. The van der Waals surface area contributed by atoms with E-state index in [4.69, 9.17) is 10.5 Å². The van der Waals surface area contributed by atoms with E-state index in [2.05, 4.69) is 4.74 Å². The van der Waals surface area contributed by atoms with Gasteiger partial charge in [-0.1, -0.05) is 6.07 Å². The molecule has 23 heavy (non-hydrogen) atoms. The van der Waals surface area contributed by atoms with E-state index >= 15 is 0 Å². The highest BCUT2D eigenvalue weighted by atomic mass is 16.6. The first-order chi connectivity index (χ1) is 10.6. The van der Waals surface area contributed by atoms with Gasteiger partial charge in [-0.25, -0.2) is 9.59 Å². The fraction of sp³-hybridized carbons (Fsp3) is 0.438. The maximum atomic E-state index is 11.6. The average molecular weight is 323 g/mol. The lowest BCUT2D eigenvalue weighted by Crippen LogP contribution is -2.31. The third-order valence-corrected chi connectivity index (χ3v) is 2.78. The maximum Gasteiger partial charge on any atom is 0.425 e. The molecule has 0 unspecified atom stereocenters. The highest BCUT2D eigenvalue weighted by Gasteiger charge is 2.26. The Morgan fingerprint density at radius 2 is 1.78 bits per heavy atom. The standard InChI is InChI=1S/C16H21NO6/c1-16(2,3)23-15(21)14(20)22-13(19)7-5-10-4-6-12(18)8-11(10)9-17/h4,6,8,18H,5,7,9,17H2,1-3H3. The summed E-state index contributed by atoms with van der Waals surface area (Å²) in [6.45, 7) is 4.99. The number of aryl methyl sites for hydroxylation is 1. The van der Waals surface area contributed by atoms with E-state index in [9.17, 15) is 19.5 Å². The number of ether oxygens (including phenoxy) is 2. The Balaban J connectivity index is 2.55. The molecule has 0 bridgehead atoms. The van der Waals surface area contributed by atoms with Crippen molar-refractivity contribution in [2.24, 2.45) is 5.73 Å².